The van der Waals surface area contributed by atoms with Gasteiger partial charge in [0.1, 0.15) is 6.10 Å². The summed E-state index contributed by atoms with van der Waals surface area (Å²) in [7, 11) is 0. The minimum Gasteiger partial charge on any atom is -0.455 e. The van der Waals surface area contributed by atoms with E-state index in [0.29, 0.717) is 17.0 Å². The van der Waals surface area contributed by atoms with Crippen molar-refractivity contribution >= 4 is 5.97 Å². The molecule has 0 bridgehead atoms. The van der Waals surface area contributed by atoms with E-state index in [-0.39, 0.29) is 5.92 Å². The number of ether oxygens (including phenoxy) is 1. The fourth-order valence-electron chi connectivity index (χ4n) is 2.76. The van der Waals surface area contributed by atoms with Crippen LogP contribution in [0.5, 0.6) is 0 Å². The number of esters is 1. The average Bonchev–Trinajstić information content (AvgIpc) is 2.42. The van der Waals surface area contributed by atoms with E-state index in [4.69, 9.17) is 4.74 Å². The predicted octanol–water partition coefficient (Wildman–Crippen LogP) is 4.70. The molecular weight excluding hydrogens is 255 g/mol. The molecule has 0 aromatic heterocycles. The summed E-state index contributed by atoms with van der Waals surface area (Å²) in [5.74, 6) is 0.300. The van der Waals surface area contributed by atoms with Crippen molar-refractivity contribution in [3.63, 3.8) is 0 Å². The Bertz CT molecular complexity index is 470. The van der Waals surface area contributed by atoms with E-state index in [9.17, 15) is 9.18 Å². The van der Waals surface area contributed by atoms with Crippen LogP contribution in [0, 0.1) is 11.8 Å². The standard InChI is InChI=1S/C17H23FO2/c1-11(2)7-6-8-12(3)16-15(18)13-9-4-5-10-14(13)17(19)20-16/h4-5,9-12,15-16H,6-8H2,1-3H3/t12-,15-,16-/m0/s1. The van der Waals surface area contributed by atoms with Gasteiger partial charge < -0.3 is 4.74 Å². The molecule has 2 rings (SSSR count). The molecule has 0 fully saturated rings. The first kappa shape index (κ1) is 15.0. The van der Waals surface area contributed by atoms with Crippen LogP contribution in [-0.2, 0) is 4.74 Å². The van der Waals surface area contributed by atoms with Crippen molar-refractivity contribution in [3.8, 4) is 0 Å². The topological polar surface area (TPSA) is 26.3 Å². The molecule has 3 heteroatoms. The zero-order chi connectivity index (χ0) is 14.7. The third-order valence-corrected chi connectivity index (χ3v) is 4.01. The first-order chi connectivity index (χ1) is 9.50. The van der Waals surface area contributed by atoms with Crippen molar-refractivity contribution in [2.24, 2.45) is 11.8 Å². The van der Waals surface area contributed by atoms with Crippen LogP contribution in [0.4, 0.5) is 4.39 Å². The monoisotopic (exact) mass is 278 g/mol. The minimum absolute atomic E-state index is 0.0426. The minimum atomic E-state index is -1.21. The van der Waals surface area contributed by atoms with E-state index in [0.717, 1.165) is 19.3 Å². The molecule has 0 saturated carbocycles. The van der Waals surface area contributed by atoms with Crippen LogP contribution < -0.4 is 0 Å². The number of hydrogen-bond acceptors (Lipinski definition) is 2. The van der Waals surface area contributed by atoms with Crippen molar-refractivity contribution in [2.75, 3.05) is 0 Å². The van der Waals surface area contributed by atoms with Gasteiger partial charge in [0.2, 0.25) is 0 Å². The van der Waals surface area contributed by atoms with E-state index in [1.807, 2.05) is 6.92 Å². The maximum Gasteiger partial charge on any atom is 0.338 e. The molecule has 2 nitrogen and oxygen atoms in total. The van der Waals surface area contributed by atoms with Crippen LogP contribution in [0.1, 0.15) is 62.1 Å². The Hall–Kier alpha value is -1.38. The predicted molar refractivity (Wildman–Crippen MR) is 77.3 cm³/mol. The van der Waals surface area contributed by atoms with Gasteiger partial charge in [-0.15, -0.1) is 0 Å². The van der Waals surface area contributed by atoms with Crippen LogP contribution >= 0.6 is 0 Å². The van der Waals surface area contributed by atoms with Gasteiger partial charge in [0.15, 0.2) is 6.17 Å². The Morgan fingerprint density at radius 2 is 1.90 bits per heavy atom. The lowest BCUT2D eigenvalue weighted by atomic mass is 9.87. The maximum absolute atomic E-state index is 14.6. The van der Waals surface area contributed by atoms with Gasteiger partial charge in [-0.1, -0.05) is 51.8 Å². The van der Waals surface area contributed by atoms with Crippen molar-refractivity contribution in [3.05, 3.63) is 35.4 Å². The number of halogens is 1. The summed E-state index contributed by atoms with van der Waals surface area (Å²) in [6.45, 7) is 6.33. The normalized spacial score (nSPS) is 23.4. The summed E-state index contributed by atoms with van der Waals surface area (Å²) >= 11 is 0. The molecule has 1 aliphatic heterocycles. The Morgan fingerprint density at radius 3 is 2.60 bits per heavy atom. The highest BCUT2D eigenvalue weighted by Crippen LogP contribution is 2.37. The summed E-state index contributed by atoms with van der Waals surface area (Å²) in [5, 5.41) is 0. The molecule has 0 unspecified atom stereocenters. The first-order valence-electron chi connectivity index (χ1n) is 7.44. The molecule has 0 N–H and O–H groups in total. The molecule has 1 heterocycles. The van der Waals surface area contributed by atoms with Crippen molar-refractivity contribution < 1.29 is 13.9 Å². The SMILES string of the molecule is CC(C)CCC[C@H](C)[C@@H]1OC(=O)c2ccccc2[C@@H]1F. The molecule has 110 valence electrons. The molecule has 0 saturated heterocycles. The van der Waals surface area contributed by atoms with Gasteiger partial charge in [-0.05, 0) is 24.3 Å². The lowest BCUT2D eigenvalue weighted by Gasteiger charge is -2.32. The highest BCUT2D eigenvalue weighted by molar-refractivity contribution is 5.92. The summed E-state index contributed by atoms with van der Waals surface area (Å²) < 4.78 is 19.9. The van der Waals surface area contributed by atoms with Gasteiger partial charge in [-0.25, -0.2) is 9.18 Å². The van der Waals surface area contributed by atoms with Crippen molar-refractivity contribution in [2.45, 2.75) is 52.3 Å². The highest BCUT2D eigenvalue weighted by atomic mass is 19.1. The molecule has 0 amide bonds. The Morgan fingerprint density at radius 1 is 1.20 bits per heavy atom. The van der Waals surface area contributed by atoms with Crippen molar-refractivity contribution in [1.82, 2.24) is 0 Å². The second-order valence-corrected chi connectivity index (χ2v) is 6.16. The summed E-state index contributed by atoms with van der Waals surface area (Å²) in [5.41, 5.74) is 0.843. The largest absolute Gasteiger partial charge is 0.455 e. The second kappa shape index (κ2) is 6.38. The van der Waals surface area contributed by atoms with Gasteiger partial charge >= 0.3 is 5.97 Å². The van der Waals surface area contributed by atoms with E-state index in [1.54, 1.807) is 24.3 Å². The third kappa shape index (κ3) is 3.20. The number of cyclic esters (lactones) is 1. The average molecular weight is 278 g/mol. The first-order valence-corrected chi connectivity index (χ1v) is 7.44. The lowest BCUT2D eigenvalue weighted by Crippen LogP contribution is -2.35. The van der Waals surface area contributed by atoms with E-state index >= 15 is 0 Å². The third-order valence-electron chi connectivity index (χ3n) is 4.01. The molecule has 0 spiro atoms. The molecule has 0 radical (unpaired) electrons. The lowest BCUT2D eigenvalue weighted by molar-refractivity contribution is -0.0254. The Balaban J connectivity index is 2.05. The second-order valence-electron chi connectivity index (χ2n) is 6.16. The van der Waals surface area contributed by atoms with Crippen molar-refractivity contribution in [1.29, 1.82) is 0 Å². The molecule has 3 atom stereocenters. The van der Waals surface area contributed by atoms with Crippen LogP contribution in [0.25, 0.3) is 0 Å². The molecule has 1 aromatic rings. The quantitative estimate of drug-likeness (QED) is 0.730. The smallest absolute Gasteiger partial charge is 0.338 e. The van der Waals surface area contributed by atoms with E-state index in [1.165, 1.54) is 0 Å². The summed E-state index contributed by atoms with van der Waals surface area (Å²) in [4.78, 5) is 11.9. The van der Waals surface area contributed by atoms with Crippen LogP contribution in [0.15, 0.2) is 24.3 Å². The van der Waals surface area contributed by atoms with Crippen LogP contribution in [-0.4, -0.2) is 12.1 Å². The van der Waals surface area contributed by atoms with Crippen LogP contribution in [0.3, 0.4) is 0 Å². The summed E-state index contributed by atoms with van der Waals surface area (Å²) in [6.07, 6.45) is 1.20. The number of rotatable bonds is 5. The molecular formula is C17H23FO2. The van der Waals surface area contributed by atoms with Crippen LogP contribution in [0.2, 0.25) is 0 Å². The van der Waals surface area contributed by atoms with Gasteiger partial charge in [0.05, 0.1) is 5.56 Å². The number of fused-ring (bicyclic) bond motifs is 1. The fraction of sp³-hybridized carbons (Fsp3) is 0.588. The van der Waals surface area contributed by atoms with E-state index in [2.05, 4.69) is 13.8 Å². The van der Waals surface area contributed by atoms with Gasteiger partial charge in [-0.3, -0.25) is 0 Å². The maximum atomic E-state index is 14.6. The fourth-order valence-corrected chi connectivity index (χ4v) is 2.76. The van der Waals surface area contributed by atoms with Gasteiger partial charge in [0, 0.05) is 5.56 Å². The summed E-state index contributed by atoms with van der Waals surface area (Å²) in [6, 6.07) is 6.82. The molecule has 1 aromatic carbocycles. The van der Waals surface area contributed by atoms with Gasteiger partial charge in [0.25, 0.3) is 0 Å². The number of alkyl halides is 1. The number of hydrogen-bond donors (Lipinski definition) is 0. The Labute approximate surface area is 120 Å². The zero-order valence-corrected chi connectivity index (χ0v) is 12.4. The van der Waals surface area contributed by atoms with Gasteiger partial charge in [-0.2, -0.15) is 0 Å². The number of benzene rings is 1. The highest BCUT2D eigenvalue weighted by Gasteiger charge is 2.38. The zero-order valence-electron chi connectivity index (χ0n) is 12.4. The number of carbonyl (C=O) groups is 1. The molecule has 0 aliphatic carbocycles. The molecule has 1 aliphatic rings. The molecule has 20 heavy (non-hydrogen) atoms. The number of carbonyl (C=O) groups excluding carboxylic acids is 1. The van der Waals surface area contributed by atoms with E-state index < -0.39 is 18.2 Å². The Kier molecular flexibility index (Phi) is 4.79.